The molecule has 4 aromatic carbocycles. The molecule has 7 nitrogen and oxygen atoms in total. The number of thiazole rings is 1. The molecule has 0 amide bonds. The second kappa shape index (κ2) is 11.9. The predicted octanol–water partition coefficient (Wildman–Crippen LogP) is 6.18. The van der Waals surface area contributed by atoms with Crippen LogP contribution in [0.3, 0.4) is 0 Å². The molecule has 1 aromatic heterocycles. The van der Waals surface area contributed by atoms with Gasteiger partial charge in [0.15, 0.2) is 4.80 Å². The van der Waals surface area contributed by atoms with Crippen molar-refractivity contribution >= 4 is 52.2 Å². The second-order valence-electron chi connectivity index (χ2n) is 10.6. The van der Waals surface area contributed by atoms with E-state index in [2.05, 4.69) is 36.2 Å². The van der Waals surface area contributed by atoms with Crippen LogP contribution in [-0.2, 0) is 9.53 Å². The summed E-state index contributed by atoms with van der Waals surface area (Å²) >= 11 is 3.04. The van der Waals surface area contributed by atoms with Gasteiger partial charge in [0.2, 0.25) is 0 Å². The highest BCUT2D eigenvalue weighted by Crippen LogP contribution is 2.47. The third kappa shape index (κ3) is 5.18. The Bertz CT molecular complexity index is 2150. The molecule has 2 aliphatic heterocycles. The van der Waals surface area contributed by atoms with Gasteiger partial charge in [0.05, 0.1) is 46.9 Å². The maximum atomic E-state index is 14.3. The number of aromatic nitrogens is 1. The molecule has 45 heavy (non-hydrogen) atoms. The third-order valence-corrected chi connectivity index (χ3v) is 9.99. The lowest BCUT2D eigenvalue weighted by Crippen LogP contribution is -2.40. The summed E-state index contributed by atoms with van der Waals surface area (Å²) in [6.45, 7) is 1.96. The van der Waals surface area contributed by atoms with Crippen molar-refractivity contribution < 1.29 is 14.3 Å². The van der Waals surface area contributed by atoms with Crippen molar-refractivity contribution in [3.63, 3.8) is 0 Å². The van der Waals surface area contributed by atoms with Gasteiger partial charge in [0, 0.05) is 22.4 Å². The SMILES string of the molecule is CCOC(=O)C1=C(c2ccccc2)N=c2s/c(=C/c3ccc4c(c3)Sc3ccccc3N4C)c(=O)n2[C@H]1c1ccc(OC)cc1. The molecule has 0 fully saturated rings. The fourth-order valence-corrected chi connectivity index (χ4v) is 7.94. The molecule has 0 N–H and O–H groups in total. The van der Waals surface area contributed by atoms with E-state index in [1.807, 2.05) is 78.9 Å². The number of anilines is 2. The standard InChI is InChI=1S/C36H29N3O4S2/c1-4-43-35(41)31-32(23-10-6-5-7-11-23)37-36-39(33(31)24-15-17-25(42-3)18-16-24)34(40)30(45-36)21-22-14-19-27-29(20-22)44-28-13-9-8-12-26(28)38(27)2/h5-21,33H,4H2,1-3H3/b30-21+/t33-/m0/s1. The Labute approximate surface area is 268 Å². The van der Waals surface area contributed by atoms with Crippen LogP contribution in [0.25, 0.3) is 11.8 Å². The Morgan fingerprint density at radius 1 is 0.933 bits per heavy atom. The molecular weight excluding hydrogens is 603 g/mol. The van der Waals surface area contributed by atoms with Crippen molar-refractivity contribution in [3.05, 3.63) is 139 Å². The molecule has 5 aromatic rings. The average molecular weight is 632 g/mol. The molecule has 9 heteroatoms. The van der Waals surface area contributed by atoms with Gasteiger partial charge in [-0.1, -0.05) is 83.8 Å². The molecular formula is C36H29N3O4S2. The number of esters is 1. The molecule has 7 rings (SSSR count). The van der Waals surface area contributed by atoms with Gasteiger partial charge in [-0.15, -0.1) is 0 Å². The largest absolute Gasteiger partial charge is 0.497 e. The van der Waals surface area contributed by atoms with Gasteiger partial charge in [-0.3, -0.25) is 9.36 Å². The highest BCUT2D eigenvalue weighted by Gasteiger charge is 2.35. The summed E-state index contributed by atoms with van der Waals surface area (Å²) in [5, 5.41) is 0. The maximum absolute atomic E-state index is 14.3. The average Bonchev–Trinajstić information content (AvgIpc) is 3.38. The number of nitrogens with zero attached hydrogens (tertiary/aromatic N) is 3. The Morgan fingerprint density at radius 2 is 1.67 bits per heavy atom. The molecule has 0 radical (unpaired) electrons. The number of benzene rings is 4. The monoisotopic (exact) mass is 631 g/mol. The number of carbonyl (C=O) groups excluding carboxylic acids is 1. The zero-order chi connectivity index (χ0) is 31.1. The van der Waals surface area contributed by atoms with E-state index >= 15 is 0 Å². The zero-order valence-corrected chi connectivity index (χ0v) is 26.5. The Morgan fingerprint density at radius 3 is 2.42 bits per heavy atom. The molecule has 0 saturated carbocycles. The van der Waals surface area contributed by atoms with Crippen LogP contribution in [0.1, 0.15) is 29.7 Å². The predicted molar refractivity (Wildman–Crippen MR) is 179 cm³/mol. The first-order chi connectivity index (χ1) is 22.0. The van der Waals surface area contributed by atoms with E-state index in [-0.39, 0.29) is 12.2 Å². The first-order valence-electron chi connectivity index (χ1n) is 14.5. The van der Waals surface area contributed by atoms with E-state index in [0.717, 1.165) is 27.3 Å². The Kier molecular flexibility index (Phi) is 7.64. The van der Waals surface area contributed by atoms with Gasteiger partial charge in [-0.05, 0) is 60.5 Å². The minimum atomic E-state index is -0.743. The lowest BCUT2D eigenvalue weighted by atomic mass is 9.93. The number of fused-ring (bicyclic) bond motifs is 3. The summed E-state index contributed by atoms with van der Waals surface area (Å²) in [6, 6.07) is 30.8. The van der Waals surface area contributed by atoms with Crippen molar-refractivity contribution in [2.45, 2.75) is 22.8 Å². The van der Waals surface area contributed by atoms with Gasteiger partial charge < -0.3 is 14.4 Å². The van der Waals surface area contributed by atoms with Crippen molar-refractivity contribution in [2.75, 3.05) is 25.7 Å². The summed E-state index contributed by atoms with van der Waals surface area (Å²) in [5.41, 5.74) is 5.31. The Balaban J connectivity index is 1.41. The van der Waals surface area contributed by atoms with Crippen LogP contribution in [-0.4, -0.2) is 31.3 Å². The van der Waals surface area contributed by atoms with Gasteiger partial charge in [0.1, 0.15) is 5.75 Å². The number of ether oxygens (including phenoxy) is 2. The first kappa shape index (κ1) is 28.9. The van der Waals surface area contributed by atoms with Crippen LogP contribution in [0.15, 0.2) is 122 Å². The summed E-state index contributed by atoms with van der Waals surface area (Å²) in [4.78, 5) is 37.9. The number of para-hydroxylation sites is 1. The van der Waals surface area contributed by atoms with Crippen LogP contribution in [0.5, 0.6) is 5.75 Å². The van der Waals surface area contributed by atoms with Crippen molar-refractivity contribution in [3.8, 4) is 5.75 Å². The molecule has 224 valence electrons. The van der Waals surface area contributed by atoms with Crippen molar-refractivity contribution in [2.24, 2.45) is 4.99 Å². The van der Waals surface area contributed by atoms with E-state index < -0.39 is 12.0 Å². The quantitative estimate of drug-likeness (QED) is 0.209. The van der Waals surface area contributed by atoms with Crippen LogP contribution >= 0.6 is 23.1 Å². The van der Waals surface area contributed by atoms with Crippen LogP contribution < -0.4 is 24.5 Å². The molecule has 3 heterocycles. The highest BCUT2D eigenvalue weighted by atomic mass is 32.2. The molecule has 0 saturated heterocycles. The molecule has 0 unspecified atom stereocenters. The summed E-state index contributed by atoms with van der Waals surface area (Å²) in [6.07, 6.45) is 1.91. The van der Waals surface area contributed by atoms with Gasteiger partial charge >= 0.3 is 5.97 Å². The molecule has 0 aliphatic carbocycles. The molecule has 1 atom stereocenters. The third-order valence-electron chi connectivity index (χ3n) is 7.89. The lowest BCUT2D eigenvalue weighted by Gasteiger charge is -2.29. The highest BCUT2D eigenvalue weighted by molar-refractivity contribution is 7.99. The van der Waals surface area contributed by atoms with Crippen molar-refractivity contribution in [1.29, 1.82) is 0 Å². The van der Waals surface area contributed by atoms with Gasteiger partial charge in [-0.25, -0.2) is 9.79 Å². The number of hydrogen-bond acceptors (Lipinski definition) is 8. The molecule has 2 aliphatic rings. The zero-order valence-electron chi connectivity index (χ0n) is 24.9. The van der Waals surface area contributed by atoms with E-state index in [9.17, 15) is 9.59 Å². The van der Waals surface area contributed by atoms with Gasteiger partial charge in [0.25, 0.3) is 5.56 Å². The summed E-state index contributed by atoms with van der Waals surface area (Å²) in [7, 11) is 3.67. The first-order valence-corrected chi connectivity index (χ1v) is 16.2. The van der Waals surface area contributed by atoms with E-state index in [1.165, 1.54) is 21.9 Å². The van der Waals surface area contributed by atoms with E-state index in [0.29, 0.717) is 26.4 Å². The Hall–Kier alpha value is -4.86. The second-order valence-corrected chi connectivity index (χ2v) is 12.7. The fourth-order valence-electron chi connectivity index (χ4n) is 5.74. The normalized spacial score (nSPS) is 15.6. The topological polar surface area (TPSA) is 73.1 Å². The van der Waals surface area contributed by atoms with Crippen molar-refractivity contribution in [1.82, 2.24) is 4.57 Å². The number of rotatable bonds is 6. The van der Waals surface area contributed by atoms with Gasteiger partial charge in [-0.2, -0.15) is 0 Å². The minimum absolute atomic E-state index is 0.195. The lowest BCUT2D eigenvalue weighted by molar-refractivity contribution is -0.138. The molecule has 0 bridgehead atoms. The van der Waals surface area contributed by atoms with Crippen LogP contribution in [0, 0.1) is 0 Å². The van der Waals surface area contributed by atoms with E-state index in [1.54, 1.807) is 30.4 Å². The van der Waals surface area contributed by atoms with Crippen LogP contribution in [0.2, 0.25) is 0 Å². The number of hydrogen-bond donors (Lipinski definition) is 0. The van der Waals surface area contributed by atoms with Crippen LogP contribution in [0.4, 0.5) is 11.4 Å². The number of methoxy groups -OCH3 is 1. The molecule has 0 spiro atoms. The smallest absolute Gasteiger partial charge is 0.338 e. The summed E-state index contributed by atoms with van der Waals surface area (Å²) in [5.74, 6) is 0.168. The van der Waals surface area contributed by atoms with E-state index in [4.69, 9.17) is 14.5 Å². The summed E-state index contributed by atoms with van der Waals surface area (Å²) < 4.78 is 13.1. The minimum Gasteiger partial charge on any atom is -0.497 e. The fraction of sp³-hybridized carbons (Fsp3) is 0.139. The maximum Gasteiger partial charge on any atom is 0.338 e. The number of carbonyl (C=O) groups is 1.